The van der Waals surface area contributed by atoms with Crippen LogP contribution >= 0.6 is 0 Å². The van der Waals surface area contributed by atoms with Crippen LogP contribution in [0.2, 0.25) is 0 Å². The molecule has 5 heteroatoms. The quantitative estimate of drug-likeness (QED) is 0.851. The molecule has 3 rings (SSSR count). The van der Waals surface area contributed by atoms with Crippen molar-refractivity contribution in [1.29, 1.82) is 0 Å². The Bertz CT molecular complexity index is 855. The molecule has 0 bridgehead atoms. The van der Waals surface area contributed by atoms with E-state index in [2.05, 4.69) is 22.7 Å². The van der Waals surface area contributed by atoms with E-state index in [1.807, 2.05) is 19.1 Å². The van der Waals surface area contributed by atoms with Crippen molar-refractivity contribution in [3.8, 4) is 0 Å². The summed E-state index contributed by atoms with van der Waals surface area (Å²) in [6.07, 6.45) is 4.22. The Labute approximate surface area is 143 Å². The second kappa shape index (κ2) is 6.69. The highest BCUT2D eigenvalue weighted by Gasteiger charge is 2.19. The minimum atomic E-state index is -3.59. The third-order valence-electron chi connectivity index (χ3n) is 4.16. The summed E-state index contributed by atoms with van der Waals surface area (Å²) in [6, 6.07) is 12.5. The van der Waals surface area contributed by atoms with Gasteiger partial charge in [-0.25, -0.2) is 8.42 Å². The number of hydrogen-bond donors (Lipinski definition) is 2. The fourth-order valence-corrected chi connectivity index (χ4v) is 4.14. The molecule has 2 aromatic carbocycles. The molecule has 0 radical (unpaired) electrons. The molecule has 0 saturated carbocycles. The molecule has 0 saturated heterocycles. The topological polar surface area (TPSA) is 58.2 Å². The summed E-state index contributed by atoms with van der Waals surface area (Å²) in [5, 5.41) is 3.06. The lowest BCUT2D eigenvalue weighted by molar-refractivity contribution is 0.601. The lowest BCUT2D eigenvalue weighted by atomic mass is 9.91. The number of hydrogen-bond acceptors (Lipinski definition) is 3. The zero-order valence-corrected chi connectivity index (χ0v) is 14.6. The van der Waals surface area contributed by atoms with E-state index in [1.165, 1.54) is 12.0 Å². The molecule has 0 aliphatic heterocycles. The molecular weight excluding hydrogens is 320 g/mol. The van der Waals surface area contributed by atoms with Crippen LogP contribution in [-0.4, -0.2) is 8.42 Å². The summed E-state index contributed by atoms with van der Waals surface area (Å²) in [4.78, 5) is 0.253. The highest BCUT2D eigenvalue weighted by molar-refractivity contribution is 7.92. The molecule has 0 fully saturated rings. The van der Waals surface area contributed by atoms with Crippen LogP contribution in [0.4, 0.5) is 11.4 Å². The molecule has 0 aromatic heterocycles. The fraction of sp³-hybridized carbons (Fsp3) is 0.263. The first-order valence-electron chi connectivity index (χ1n) is 8.12. The van der Waals surface area contributed by atoms with Gasteiger partial charge in [0.15, 0.2) is 0 Å². The smallest absolute Gasteiger partial charge is 0.261 e. The van der Waals surface area contributed by atoms with Crippen molar-refractivity contribution in [2.75, 3.05) is 10.0 Å². The summed E-state index contributed by atoms with van der Waals surface area (Å²) < 4.78 is 28.1. The number of aryl methyl sites for hydroxylation is 1. The first-order chi connectivity index (χ1) is 11.5. The summed E-state index contributed by atoms with van der Waals surface area (Å²) in [6.45, 7) is 5.63. The molecule has 1 aliphatic rings. The first kappa shape index (κ1) is 16.6. The average molecular weight is 342 g/mol. The molecule has 126 valence electrons. The van der Waals surface area contributed by atoms with Crippen molar-refractivity contribution in [3.05, 3.63) is 65.9 Å². The molecule has 4 nitrogen and oxygen atoms in total. The van der Waals surface area contributed by atoms with Crippen LogP contribution in [0.25, 0.3) is 0 Å². The van der Waals surface area contributed by atoms with Crippen LogP contribution in [0.3, 0.4) is 0 Å². The van der Waals surface area contributed by atoms with E-state index >= 15 is 0 Å². The number of benzene rings is 2. The normalized spacial score (nSPS) is 13.9. The number of fused-ring (bicyclic) bond motifs is 1. The molecule has 2 aromatic rings. The molecule has 0 unspecified atom stereocenters. The van der Waals surface area contributed by atoms with Crippen molar-refractivity contribution in [1.82, 2.24) is 0 Å². The van der Waals surface area contributed by atoms with Crippen LogP contribution in [0.15, 0.2) is 59.6 Å². The highest BCUT2D eigenvalue weighted by atomic mass is 32.2. The van der Waals surface area contributed by atoms with Gasteiger partial charge < -0.3 is 5.32 Å². The van der Waals surface area contributed by atoms with Gasteiger partial charge in [0.25, 0.3) is 10.0 Å². The van der Waals surface area contributed by atoms with Crippen LogP contribution < -0.4 is 10.0 Å². The third-order valence-corrected chi connectivity index (χ3v) is 5.54. The molecule has 1 aliphatic carbocycles. The maximum atomic E-state index is 12.7. The Morgan fingerprint density at radius 1 is 1.04 bits per heavy atom. The predicted molar refractivity (Wildman–Crippen MR) is 98.8 cm³/mol. The van der Waals surface area contributed by atoms with Gasteiger partial charge in [-0.1, -0.05) is 18.7 Å². The van der Waals surface area contributed by atoms with Crippen LogP contribution in [-0.2, 0) is 22.9 Å². The SMILES string of the molecule is C=C(C)Nc1ccc(S(=O)(=O)Nc2cccc3c2CCCC3)cc1. The lowest BCUT2D eigenvalue weighted by Crippen LogP contribution is -2.16. The van der Waals surface area contributed by atoms with Crippen molar-refractivity contribution in [2.45, 2.75) is 37.5 Å². The maximum absolute atomic E-state index is 12.7. The minimum Gasteiger partial charge on any atom is -0.360 e. The van der Waals surface area contributed by atoms with E-state index in [-0.39, 0.29) is 4.90 Å². The van der Waals surface area contributed by atoms with Crippen molar-refractivity contribution >= 4 is 21.4 Å². The van der Waals surface area contributed by atoms with Crippen LogP contribution in [0.1, 0.15) is 30.9 Å². The predicted octanol–water partition coefficient (Wildman–Crippen LogP) is 4.31. The Morgan fingerprint density at radius 3 is 2.46 bits per heavy atom. The standard InChI is InChI=1S/C19H22N2O2S/c1-14(2)20-16-10-12-17(13-11-16)24(22,23)21-19-9-5-7-15-6-3-4-8-18(15)19/h5,7,9-13,20-21H,1,3-4,6,8H2,2H3. The van der Waals surface area contributed by atoms with Gasteiger partial charge in [-0.3, -0.25) is 4.72 Å². The zero-order valence-electron chi connectivity index (χ0n) is 13.8. The molecule has 2 N–H and O–H groups in total. The van der Waals surface area contributed by atoms with Crippen LogP contribution in [0.5, 0.6) is 0 Å². The van der Waals surface area contributed by atoms with Gasteiger partial charge in [0.1, 0.15) is 0 Å². The van der Waals surface area contributed by atoms with E-state index in [0.29, 0.717) is 5.69 Å². The third kappa shape index (κ3) is 3.62. The van der Waals surface area contributed by atoms with Crippen molar-refractivity contribution < 1.29 is 8.42 Å². The van der Waals surface area contributed by atoms with E-state index in [1.54, 1.807) is 24.3 Å². The molecule has 0 amide bonds. The Kier molecular flexibility index (Phi) is 4.62. The fourth-order valence-electron chi connectivity index (χ4n) is 3.04. The van der Waals surface area contributed by atoms with Gasteiger partial charge in [0.05, 0.1) is 10.6 Å². The molecule has 0 spiro atoms. The van der Waals surface area contributed by atoms with E-state index < -0.39 is 10.0 Å². The van der Waals surface area contributed by atoms with Gasteiger partial charge in [-0.05, 0) is 74.1 Å². The number of anilines is 2. The van der Waals surface area contributed by atoms with Crippen molar-refractivity contribution in [3.63, 3.8) is 0 Å². The number of nitrogens with one attached hydrogen (secondary N) is 2. The summed E-state index contributed by atoms with van der Waals surface area (Å²) in [5.74, 6) is 0. The summed E-state index contributed by atoms with van der Waals surface area (Å²) >= 11 is 0. The van der Waals surface area contributed by atoms with Gasteiger partial charge in [-0.2, -0.15) is 0 Å². The molecule has 0 atom stereocenters. The minimum absolute atomic E-state index is 0.253. The largest absolute Gasteiger partial charge is 0.360 e. The Balaban J connectivity index is 1.85. The second-order valence-corrected chi connectivity index (χ2v) is 7.87. The molecule has 24 heavy (non-hydrogen) atoms. The number of sulfonamides is 1. The van der Waals surface area contributed by atoms with E-state index in [9.17, 15) is 8.42 Å². The lowest BCUT2D eigenvalue weighted by Gasteiger charge is -2.20. The van der Waals surface area contributed by atoms with E-state index in [0.717, 1.165) is 36.2 Å². The van der Waals surface area contributed by atoms with Gasteiger partial charge >= 0.3 is 0 Å². The first-order valence-corrected chi connectivity index (χ1v) is 9.60. The Morgan fingerprint density at radius 2 is 1.75 bits per heavy atom. The van der Waals surface area contributed by atoms with Gasteiger partial charge in [0.2, 0.25) is 0 Å². The zero-order chi connectivity index (χ0) is 17.2. The second-order valence-electron chi connectivity index (χ2n) is 6.19. The molecule has 0 heterocycles. The van der Waals surface area contributed by atoms with Crippen LogP contribution in [0, 0.1) is 0 Å². The number of rotatable bonds is 5. The maximum Gasteiger partial charge on any atom is 0.261 e. The average Bonchev–Trinajstić information content (AvgIpc) is 2.55. The Hall–Kier alpha value is -2.27. The highest BCUT2D eigenvalue weighted by Crippen LogP contribution is 2.29. The summed E-state index contributed by atoms with van der Waals surface area (Å²) in [7, 11) is -3.59. The monoisotopic (exact) mass is 342 g/mol. The van der Waals surface area contributed by atoms with Gasteiger partial charge in [0, 0.05) is 11.4 Å². The van der Waals surface area contributed by atoms with E-state index in [4.69, 9.17) is 0 Å². The van der Waals surface area contributed by atoms with Gasteiger partial charge in [-0.15, -0.1) is 0 Å². The summed E-state index contributed by atoms with van der Waals surface area (Å²) in [5.41, 5.74) is 4.71. The molecular formula is C19H22N2O2S. The number of allylic oxidation sites excluding steroid dienone is 1. The van der Waals surface area contributed by atoms with Crippen molar-refractivity contribution in [2.24, 2.45) is 0 Å².